The third-order valence-electron chi connectivity index (χ3n) is 6.64. The minimum absolute atomic E-state index is 0.297. The van der Waals surface area contributed by atoms with E-state index in [2.05, 4.69) is 29.1 Å². The number of nitrogens with two attached hydrogens (primary N) is 1. The molecule has 1 saturated carbocycles. The predicted molar refractivity (Wildman–Crippen MR) is 130 cm³/mol. The van der Waals surface area contributed by atoms with Crippen LogP contribution in [0.25, 0.3) is 0 Å². The molecule has 32 heavy (non-hydrogen) atoms. The van der Waals surface area contributed by atoms with E-state index in [1.165, 1.54) is 25.6 Å². The van der Waals surface area contributed by atoms with Gasteiger partial charge in [0.25, 0.3) is 0 Å². The molecule has 4 rings (SSSR count). The summed E-state index contributed by atoms with van der Waals surface area (Å²) in [4.78, 5) is 8.59. The maximum Gasteiger partial charge on any atom is 0.141 e. The van der Waals surface area contributed by atoms with Crippen LogP contribution in [0.3, 0.4) is 0 Å². The zero-order valence-corrected chi connectivity index (χ0v) is 18.8. The molecule has 0 amide bonds. The number of hydrogen-bond donors (Lipinski definition) is 3. The number of nitrogens with zero attached hydrogens (tertiary/aromatic N) is 2. The molecule has 166 valence electrons. The van der Waals surface area contributed by atoms with E-state index in [4.69, 9.17) is 15.9 Å². The summed E-state index contributed by atoms with van der Waals surface area (Å²) >= 11 is 0. The van der Waals surface area contributed by atoms with Gasteiger partial charge in [-0.2, -0.15) is 0 Å². The van der Waals surface area contributed by atoms with Crippen LogP contribution < -0.4 is 15.8 Å². The summed E-state index contributed by atoms with van der Waals surface area (Å²) in [5.74, 6) is 2.43. The van der Waals surface area contributed by atoms with Crippen LogP contribution in [0, 0.1) is 10.8 Å². The van der Waals surface area contributed by atoms with Gasteiger partial charge in [-0.1, -0.05) is 38.5 Å². The molecular formula is C26H31N5O. The summed E-state index contributed by atoms with van der Waals surface area (Å²) in [7, 11) is 0. The van der Waals surface area contributed by atoms with Gasteiger partial charge in [0, 0.05) is 11.6 Å². The van der Waals surface area contributed by atoms with Crippen molar-refractivity contribution in [1.82, 2.24) is 9.97 Å². The number of hydrogen-bond acceptors (Lipinski definition) is 6. The molecule has 0 atom stereocenters. The molecule has 3 aromatic rings. The van der Waals surface area contributed by atoms with Gasteiger partial charge < -0.3 is 15.8 Å². The first kappa shape index (κ1) is 21.8. The van der Waals surface area contributed by atoms with Crippen molar-refractivity contribution in [2.45, 2.75) is 52.0 Å². The summed E-state index contributed by atoms with van der Waals surface area (Å²) < 4.78 is 5.86. The van der Waals surface area contributed by atoms with Crippen molar-refractivity contribution in [3.05, 3.63) is 72.1 Å². The monoisotopic (exact) mass is 429 g/mol. The SMILES string of the molecule is CCC1(C)CCC(Nc2ncnc(N)c2C(=N)c2ccc(Oc3ccccc3)cc2)CC1. The van der Waals surface area contributed by atoms with E-state index in [1.54, 1.807) is 0 Å². The van der Waals surface area contributed by atoms with E-state index < -0.39 is 0 Å². The number of benzene rings is 2. The first-order valence-corrected chi connectivity index (χ1v) is 11.3. The third kappa shape index (κ3) is 4.90. The smallest absolute Gasteiger partial charge is 0.141 e. The first-order valence-electron chi connectivity index (χ1n) is 11.3. The molecule has 0 spiro atoms. The highest BCUT2D eigenvalue weighted by atomic mass is 16.5. The zero-order chi connectivity index (χ0) is 22.6. The van der Waals surface area contributed by atoms with Crippen LogP contribution in [-0.4, -0.2) is 21.7 Å². The molecule has 0 saturated heterocycles. The Hall–Kier alpha value is -3.41. The number of rotatable bonds is 7. The van der Waals surface area contributed by atoms with Gasteiger partial charge in [-0.3, -0.25) is 5.41 Å². The molecule has 1 heterocycles. The largest absolute Gasteiger partial charge is 0.457 e. The molecule has 0 unspecified atom stereocenters. The minimum Gasteiger partial charge on any atom is -0.457 e. The summed E-state index contributed by atoms with van der Waals surface area (Å²) in [5, 5.41) is 12.4. The average Bonchev–Trinajstić information content (AvgIpc) is 2.82. The van der Waals surface area contributed by atoms with E-state index >= 15 is 0 Å². The zero-order valence-electron chi connectivity index (χ0n) is 18.8. The second kappa shape index (κ2) is 9.39. The quantitative estimate of drug-likeness (QED) is 0.398. The van der Waals surface area contributed by atoms with Gasteiger partial charge in [-0.25, -0.2) is 9.97 Å². The van der Waals surface area contributed by atoms with E-state index in [0.29, 0.717) is 40.1 Å². The van der Waals surface area contributed by atoms with Gasteiger partial charge in [-0.05, 0) is 67.5 Å². The van der Waals surface area contributed by atoms with E-state index in [9.17, 15) is 0 Å². The lowest BCUT2D eigenvalue weighted by Gasteiger charge is -2.37. The number of para-hydroxylation sites is 1. The molecule has 1 aliphatic rings. The third-order valence-corrected chi connectivity index (χ3v) is 6.64. The van der Waals surface area contributed by atoms with Crippen molar-refractivity contribution in [3.8, 4) is 11.5 Å². The van der Waals surface area contributed by atoms with Crippen LogP contribution in [0.4, 0.5) is 11.6 Å². The molecule has 2 aromatic carbocycles. The maximum absolute atomic E-state index is 8.81. The Morgan fingerprint density at radius 1 is 1.06 bits per heavy atom. The lowest BCUT2D eigenvalue weighted by atomic mass is 9.72. The molecule has 0 bridgehead atoms. The van der Waals surface area contributed by atoms with Gasteiger partial charge in [0.1, 0.15) is 29.5 Å². The van der Waals surface area contributed by atoms with E-state index in [-0.39, 0.29) is 0 Å². The summed E-state index contributed by atoms with van der Waals surface area (Å²) in [6.45, 7) is 4.65. The van der Waals surface area contributed by atoms with Crippen LogP contribution in [0.2, 0.25) is 0 Å². The van der Waals surface area contributed by atoms with Crippen molar-refractivity contribution in [1.29, 1.82) is 5.41 Å². The summed E-state index contributed by atoms with van der Waals surface area (Å²) in [6, 6.07) is 17.4. The Labute approximate surface area is 189 Å². The van der Waals surface area contributed by atoms with Crippen molar-refractivity contribution in [2.75, 3.05) is 11.1 Å². The highest BCUT2D eigenvalue weighted by Crippen LogP contribution is 2.39. The van der Waals surface area contributed by atoms with Crippen molar-refractivity contribution in [2.24, 2.45) is 5.41 Å². The second-order valence-corrected chi connectivity index (χ2v) is 8.88. The predicted octanol–water partition coefficient (Wildman–Crippen LogP) is 6.04. The normalized spacial score (nSPS) is 20.5. The number of nitrogen functional groups attached to an aromatic ring is 1. The highest BCUT2D eigenvalue weighted by molar-refractivity contribution is 6.16. The first-order chi connectivity index (χ1) is 15.5. The fourth-order valence-electron chi connectivity index (χ4n) is 4.22. The minimum atomic E-state index is 0.297. The Kier molecular flexibility index (Phi) is 6.40. The standard InChI is InChI=1S/C26H31N5O/c1-3-26(2)15-13-19(14-16-26)31-25-22(24(28)29-17-30-25)23(27)18-9-11-21(12-10-18)32-20-7-5-4-6-8-20/h4-12,17,19,27H,3,13-16H2,1-2H3,(H3,28,29,30,31). The Balaban J connectivity index is 1.50. The number of aromatic nitrogens is 2. The van der Waals surface area contributed by atoms with Gasteiger partial charge in [0.05, 0.1) is 11.3 Å². The maximum atomic E-state index is 8.81. The number of nitrogens with one attached hydrogen (secondary N) is 2. The van der Waals surface area contributed by atoms with Gasteiger partial charge in [0.2, 0.25) is 0 Å². The Morgan fingerprint density at radius 2 is 1.72 bits per heavy atom. The molecule has 1 aliphatic carbocycles. The molecule has 0 aliphatic heterocycles. The van der Waals surface area contributed by atoms with Gasteiger partial charge >= 0.3 is 0 Å². The van der Waals surface area contributed by atoms with Gasteiger partial charge in [-0.15, -0.1) is 0 Å². The van der Waals surface area contributed by atoms with Crippen molar-refractivity contribution >= 4 is 17.3 Å². The van der Waals surface area contributed by atoms with Crippen LogP contribution in [-0.2, 0) is 0 Å². The molecule has 6 nitrogen and oxygen atoms in total. The Morgan fingerprint density at radius 3 is 2.38 bits per heavy atom. The summed E-state index contributed by atoms with van der Waals surface area (Å²) in [6.07, 6.45) is 7.23. The van der Waals surface area contributed by atoms with Crippen molar-refractivity contribution < 1.29 is 4.74 Å². The lowest BCUT2D eigenvalue weighted by Crippen LogP contribution is -2.32. The molecule has 0 radical (unpaired) electrons. The topological polar surface area (TPSA) is 96.9 Å². The number of ether oxygens (including phenoxy) is 1. The molecule has 6 heteroatoms. The fraction of sp³-hybridized carbons (Fsp3) is 0.346. The fourth-order valence-corrected chi connectivity index (χ4v) is 4.22. The second-order valence-electron chi connectivity index (χ2n) is 8.88. The van der Waals surface area contributed by atoms with Crippen LogP contribution in [0.1, 0.15) is 57.1 Å². The van der Waals surface area contributed by atoms with E-state index in [0.717, 1.165) is 24.2 Å². The van der Waals surface area contributed by atoms with Crippen LogP contribution in [0.5, 0.6) is 11.5 Å². The van der Waals surface area contributed by atoms with E-state index in [1.807, 2.05) is 54.6 Å². The number of anilines is 2. The summed E-state index contributed by atoms with van der Waals surface area (Å²) in [5.41, 5.74) is 8.22. The van der Waals surface area contributed by atoms with Crippen LogP contribution in [0.15, 0.2) is 60.9 Å². The molecular weight excluding hydrogens is 398 g/mol. The molecule has 4 N–H and O–H groups in total. The van der Waals surface area contributed by atoms with Crippen molar-refractivity contribution in [3.63, 3.8) is 0 Å². The highest BCUT2D eigenvalue weighted by Gasteiger charge is 2.30. The van der Waals surface area contributed by atoms with Gasteiger partial charge in [0.15, 0.2) is 0 Å². The lowest BCUT2D eigenvalue weighted by molar-refractivity contribution is 0.198. The molecule has 1 aromatic heterocycles. The van der Waals surface area contributed by atoms with Crippen LogP contribution >= 0.6 is 0 Å². The average molecular weight is 430 g/mol. The molecule has 1 fully saturated rings. The Bertz CT molecular complexity index is 1060.